The molecule has 0 aliphatic carbocycles. The van der Waals surface area contributed by atoms with Crippen LogP contribution in [-0.2, 0) is 6.54 Å². The van der Waals surface area contributed by atoms with Gasteiger partial charge in [0.1, 0.15) is 11.9 Å². The summed E-state index contributed by atoms with van der Waals surface area (Å²) < 4.78 is 13.2. The molecule has 2 nitrogen and oxygen atoms in total. The van der Waals surface area contributed by atoms with Crippen LogP contribution in [0.1, 0.15) is 11.1 Å². The molecule has 5 heteroatoms. The predicted molar refractivity (Wildman–Crippen MR) is 74.9 cm³/mol. The summed E-state index contributed by atoms with van der Waals surface area (Å²) >= 11 is 11.6. The Balaban J connectivity index is 2.19. The lowest BCUT2D eigenvalue weighted by molar-refractivity contribution is 0.626. The van der Waals surface area contributed by atoms with E-state index in [4.69, 9.17) is 28.5 Å². The van der Waals surface area contributed by atoms with Gasteiger partial charge in [0.05, 0.1) is 11.3 Å². The molecule has 0 saturated heterocycles. The molecule has 2 aromatic carbocycles. The van der Waals surface area contributed by atoms with E-state index in [-0.39, 0.29) is 0 Å². The first kappa shape index (κ1) is 13.7. The summed E-state index contributed by atoms with van der Waals surface area (Å²) in [5, 5.41) is 12.9. The van der Waals surface area contributed by atoms with Crippen LogP contribution in [0.2, 0.25) is 10.0 Å². The summed E-state index contributed by atoms with van der Waals surface area (Å²) in [5.74, 6) is -0.393. The molecule has 2 aromatic rings. The van der Waals surface area contributed by atoms with Crippen LogP contribution in [0.15, 0.2) is 36.4 Å². The molecule has 0 spiro atoms. The summed E-state index contributed by atoms with van der Waals surface area (Å²) in [6, 6.07) is 11.3. The molecule has 96 valence electrons. The Morgan fingerprint density at radius 2 is 1.89 bits per heavy atom. The lowest BCUT2D eigenvalue weighted by Crippen LogP contribution is -2.01. The molecule has 0 atom stereocenters. The lowest BCUT2D eigenvalue weighted by Gasteiger charge is -2.09. The Labute approximate surface area is 120 Å². The Bertz CT molecular complexity index is 630. The van der Waals surface area contributed by atoms with Gasteiger partial charge in [-0.3, -0.25) is 0 Å². The van der Waals surface area contributed by atoms with E-state index >= 15 is 0 Å². The smallest absolute Gasteiger partial charge is 0.125 e. The maximum absolute atomic E-state index is 13.2. The minimum atomic E-state index is -0.393. The highest BCUT2D eigenvalue weighted by Gasteiger charge is 2.04. The van der Waals surface area contributed by atoms with Crippen LogP contribution in [0.25, 0.3) is 0 Å². The molecule has 0 aliphatic rings. The predicted octanol–water partition coefficient (Wildman–Crippen LogP) is 4.62. The quantitative estimate of drug-likeness (QED) is 0.897. The lowest BCUT2D eigenvalue weighted by atomic mass is 10.1. The maximum atomic E-state index is 13.2. The SMILES string of the molecule is N#Cc1ccc(Cl)cc1NCc1cc(F)cc(Cl)c1. The van der Waals surface area contributed by atoms with E-state index in [9.17, 15) is 4.39 Å². The molecule has 0 aromatic heterocycles. The van der Waals surface area contributed by atoms with E-state index in [1.54, 1.807) is 24.3 Å². The van der Waals surface area contributed by atoms with Crippen molar-refractivity contribution in [1.82, 2.24) is 0 Å². The van der Waals surface area contributed by atoms with Gasteiger partial charge >= 0.3 is 0 Å². The molecule has 1 N–H and O–H groups in total. The van der Waals surface area contributed by atoms with Gasteiger partial charge < -0.3 is 5.32 Å². The molecule has 0 radical (unpaired) electrons. The number of hydrogen-bond donors (Lipinski definition) is 1. The average molecular weight is 295 g/mol. The van der Waals surface area contributed by atoms with Gasteiger partial charge in [-0.2, -0.15) is 5.26 Å². The fourth-order valence-electron chi connectivity index (χ4n) is 1.67. The minimum Gasteiger partial charge on any atom is -0.380 e. The number of nitrogens with one attached hydrogen (secondary N) is 1. The molecular weight excluding hydrogens is 286 g/mol. The zero-order valence-electron chi connectivity index (χ0n) is 9.75. The van der Waals surface area contributed by atoms with Gasteiger partial charge in [0.2, 0.25) is 0 Å². The Kier molecular flexibility index (Phi) is 4.26. The van der Waals surface area contributed by atoms with Gasteiger partial charge in [0.15, 0.2) is 0 Å². The number of benzene rings is 2. The maximum Gasteiger partial charge on any atom is 0.125 e. The zero-order valence-corrected chi connectivity index (χ0v) is 11.3. The third-order valence-electron chi connectivity index (χ3n) is 2.51. The van der Waals surface area contributed by atoms with Crippen LogP contribution in [0.3, 0.4) is 0 Å². The standard InChI is InChI=1S/C14H9Cl2FN2/c15-11-2-1-10(7-18)14(6-11)19-8-9-3-12(16)5-13(17)4-9/h1-6,19H,8H2. The molecular formula is C14H9Cl2FN2. The number of rotatable bonds is 3. The van der Waals surface area contributed by atoms with E-state index in [2.05, 4.69) is 11.4 Å². The van der Waals surface area contributed by atoms with Crippen molar-refractivity contribution in [2.24, 2.45) is 0 Å². The van der Waals surface area contributed by atoms with Gasteiger partial charge in [0, 0.05) is 16.6 Å². The first-order chi connectivity index (χ1) is 9.08. The Morgan fingerprint density at radius 3 is 2.58 bits per heavy atom. The van der Waals surface area contributed by atoms with Crippen molar-refractivity contribution in [1.29, 1.82) is 5.26 Å². The van der Waals surface area contributed by atoms with Gasteiger partial charge in [-0.05, 0) is 42.0 Å². The first-order valence-electron chi connectivity index (χ1n) is 5.47. The summed E-state index contributed by atoms with van der Waals surface area (Å²) in [5.41, 5.74) is 1.77. The fourth-order valence-corrected chi connectivity index (χ4v) is 2.09. The topological polar surface area (TPSA) is 35.8 Å². The van der Waals surface area contributed by atoms with Crippen LogP contribution in [-0.4, -0.2) is 0 Å². The van der Waals surface area contributed by atoms with Crippen LogP contribution in [0.4, 0.5) is 10.1 Å². The second-order valence-corrected chi connectivity index (χ2v) is 4.81. The van der Waals surface area contributed by atoms with Crippen molar-refractivity contribution >= 4 is 28.9 Å². The number of hydrogen-bond acceptors (Lipinski definition) is 2. The minimum absolute atomic E-state index is 0.336. The van der Waals surface area contributed by atoms with E-state index in [0.29, 0.717) is 33.4 Å². The summed E-state index contributed by atoms with van der Waals surface area (Å²) in [7, 11) is 0. The molecule has 0 amide bonds. The van der Waals surface area contributed by atoms with E-state index in [1.165, 1.54) is 12.1 Å². The third-order valence-corrected chi connectivity index (χ3v) is 2.96. The molecule has 0 aliphatic heterocycles. The van der Waals surface area contributed by atoms with E-state index in [1.807, 2.05) is 0 Å². The highest BCUT2D eigenvalue weighted by atomic mass is 35.5. The van der Waals surface area contributed by atoms with Gasteiger partial charge in [-0.1, -0.05) is 23.2 Å². The van der Waals surface area contributed by atoms with E-state index < -0.39 is 5.82 Å². The monoisotopic (exact) mass is 294 g/mol. The molecule has 0 fully saturated rings. The molecule has 0 bridgehead atoms. The normalized spacial score (nSPS) is 10.0. The Morgan fingerprint density at radius 1 is 1.11 bits per heavy atom. The molecule has 0 saturated carbocycles. The average Bonchev–Trinajstić information content (AvgIpc) is 2.35. The number of anilines is 1. The largest absolute Gasteiger partial charge is 0.380 e. The van der Waals surface area contributed by atoms with Crippen molar-refractivity contribution in [3.8, 4) is 6.07 Å². The highest BCUT2D eigenvalue weighted by Crippen LogP contribution is 2.22. The first-order valence-corrected chi connectivity index (χ1v) is 6.22. The molecule has 2 rings (SSSR count). The van der Waals surface area contributed by atoms with Crippen LogP contribution in [0, 0.1) is 17.1 Å². The second-order valence-electron chi connectivity index (χ2n) is 3.93. The van der Waals surface area contributed by atoms with Gasteiger partial charge in [-0.15, -0.1) is 0 Å². The second kappa shape index (κ2) is 5.92. The van der Waals surface area contributed by atoms with Gasteiger partial charge in [0.25, 0.3) is 0 Å². The van der Waals surface area contributed by atoms with Crippen LogP contribution >= 0.6 is 23.2 Å². The van der Waals surface area contributed by atoms with Crippen molar-refractivity contribution in [2.75, 3.05) is 5.32 Å². The number of halogens is 3. The Hall–Kier alpha value is -1.76. The van der Waals surface area contributed by atoms with Crippen molar-refractivity contribution in [3.63, 3.8) is 0 Å². The highest BCUT2D eigenvalue weighted by molar-refractivity contribution is 6.31. The zero-order chi connectivity index (χ0) is 13.8. The van der Waals surface area contributed by atoms with Crippen molar-refractivity contribution < 1.29 is 4.39 Å². The fraction of sp³-hybridized carbons (Fsp3) is 0.0714. The van der Waals surface area contributed by atoms with Gasteiger partial charge in [-0.25, -0.2) is 4.39 Å². The molecule has 19 heavy (non-hydrogen) atoms. The van der Waals surface area contributed by atoms with Crippen LogP contribution < -0.4 is 5.32 Å². The van der Waals surface area contributed by atoms with E-state index in [0.717, 1.165) is 0 Å². The van der Waals surface area contributed by atoms with Crippen molar-refractivity contribution in [2.45, 2.75) is 6.54 Å². The number of nitriles is 1. The summed E-state index contributed by atoms with van der Waals surface area (Å²) in [4.78, 5) is 0. The summed E-state index contributed by atoms with van der Waals surface area (Å²) in [6.07, 6.45) is 0. The molecule has 0 unspecified atom stereocenters. The molecule has 0 heterocycles. The third kappa shape index (κ3) is 3.60. The summed E-state index contributed by atoms with van der Waals surface area (Å²) in [6.45, 7) is 0.354. The van der Waals surface area contributed by atoms with Crippen molar-refractivity contribution in [3.05, 3.63) is 63.4 Å². The number of nitrogens with zero attached hydrogens (tertiary/aromatic N) is 1. The van der Waals surface area contributed by atoms with Crippen LogP contribution in [0.5, 0.6) is 0 Å².